The Morgan fingerprint density at radius 2 is 1.91 bits per heavy atom. The summed E-state index contributed by atoms with van der Waals surface area (Å²) in [5.41, 5.74) is 0.592. The highest BCUT2D eigenvalue weighted by Crippen LogP contribution is 2.42. The van der Waals surface area contributed by atoms with Crippen LogP contribution >= 0.6 is 0 Å². The maximum atomic E-state index is 13.0. The van der Waals surface area contributed by atoms with Gasteiger partial charge in [-0.15, -0.1) is 0 Å². The number of nitro groups is 1. The van der Waals surface area contributed by atoms with Gasteiger partial charge in [0.05, 0.1) is 23.1 Å². The summed E-state index contributed by atoms with van der Waals surface area (Å²) in [5, 5.41) is 32.3. The number of amides is 1. The van der Waals surface area contributed by atoms with Gasteiger partial charge < -0.3 is 19.8 Å². The summed E-state index contributed by atoms with van der Waals surface area (Å²) < 4.78 is 5.77. The number of aliphatic hydroxyl groups excluding tert-OH is 1. The van der Waals surface area contributed by atoms with Crippen LogP contribution in [0.15, 0.2) is 42.0 Å². The summed E-state index contributed by atoms with van der Waals surface area (Å²) >= 11 is 0. The molecule has 1 unspecified atom stereocenters. The van der Waals surface area contributed by atoms with E-state index in [9.17, 15) is 29.9 Å². The Hall–Kier alpha value is -3.88. The lowest BCUT2D eigenvalue weighted by atomic mass is 9.94. The molecule has 0 bridgehead atoms. The number of carbonyl (C=O) groups is 2. The SMILES string of the molecule is CCCN1C(=O)C(=O)/C(=C(\O)c2ccc(OCC(C)C)c(C)c2)C1c1ccc(O)c([N+](=O)[O-])c1. The van der Waals surface area contributed by atoms with Gasteiger partial charge >= 0.3 is 5.69 Å². The fraction of sp³-hybridized carbons (Fsp3) is 0.360. The van der Waals surface area contributed by atoms with Crippen LogP contribution in [0.2, 0.25) is 0 Å². The number of phenolic OH excluding ortho intramolecular Hbond substituents is 1. The zero-order valence-corrected chi connectivity index (χ0v) is 19.6. The average molecular weight is 469 g/mol. The number of aryl methyl sites for hydroxylation is 1. The van der Waals surface area contributed by atoms with E-state index in [-0.39, 0.29) is 23.4 Å². The number of carbonyl (C=O) groups excluding carboxylic acids is 2. The molecule has 0 aromatic heterocycles. The first-order chi connectivity index (χ1) is 16.1. The minimum absolute atomic E-state index is 0.159. The number of benzene rings is 2. The van der Waals surface area contributed by atoms with E-state index in [0.717, 1.165) is 17.7 Å². The van der Waals surface area contributed by atoms with E-state index in [1.807, 2.05) is 27.7 Å². The lowest BCUT2D eigenvalue weighted by Crippen LogP contribution is -2.30. The molecule has 0 saturated carbocycles. The van der Waals surface area contributed by atoms with Crippen LogP contribution in [0.1, 0.15) is 49.9 Å². The van der Waals surface area contributed by atoms with Crippen LogP contribution in [-0.2, 0) is 9.59 Å². The fourth-order valence-electron chi connectivity index (χ4n) is 3.93. The van der Waals surface area contributed by atoms with E-state index in [1.54, 1.807) is 18.2 Å². The molecule has 0 radical (unpaired) electrons. The zero-order chi connectivity index (χ0) is 25.2. The average Bonchev–Trinajstić information content (AvgIpc) is 3.03. The van der Waals surface area contributed by atoms with Gasteiger partial charge in [0.2, 0.25) is 0 Å². The van der Waals surface area contributed by atoms with Crippen LogP contribution in [-0.4, -0.2) is 44.9 Å². The van der Waals surface area contributed by atoms with Crippen molar-refractivity contribution in [3.63, 3.8) is 0 Å². The van der Waals surface area contributed by atoms with Crippen molar-refractivity contribution in [1.29, 1.82) is 0 Å². The van der Waals surface area contributed by atoms with Gasteiger partial charge in [0.1, 0.15) is 11.5 Å². The summed E-state index contributed by atoms with van der Waals surface area (Å²) in [6.45, 7) is 8.42. The van der Waals surface area contributed by atoms with Crippen LogP contribution < -0.4 is 4.74 Å². The van der Waals surface area contributed by atoms with Gasteiger partial charge in [-0.25, -0.2) is 0 Å². The Balaban J connectivity index is 2.14. The molecule has 180 valence electrons. The highest BCUT2D eigenvalue weighted by molar-refractivity contribution is 6.46. The molecule has 1 aliphatic rings. The monoisotopic (exact) mass is 468 g/mol. The first-order valence-corrected chi connectivity index (χ1v) is 11.1. The van der Waals surface area contributed by atoms with Gasteiger partial charge in [0.15, 0.2) is 5.75 Å². The number of aliphatic hydroxyl groups is 1. The van der Waals surface area contributed by atoms with Crippen LogP contribution in [0, 0.1) is 23.0 Å². The number of aromatic hydroxyl groups is 1. The number of phenols is 1. The second kappa shape index (κ2) is 9.94. The quantitative estimate of drug-likeness (QED) is 0.192. The third kappa shape index (κ3) is 4.73. The van der Waals surface area contributed by atoms with Crippen molar-refractivity contribution in [3.8, 4) is 11.5 Å². The normalized spacial score (nSPS) is 17.4. The highest BCUT2D eigenvalue weighted by atomic mass is 16.6. The summed E-state index contributed by atoms with van der Waals surface area (Å²) in [5.74, 6) is -1.61. The summed E-state index contributed by atoms with van der Waals surface area (Å²) in [7, 11) is 0. The topological polar surface area (TPSA) is 130 Å². The maximum absolute atomic E-state index is 13.0. The number of rotatable bonds is 8. The predicted molar refractivity (Wildman–Crippen MR) is 126 cm³/mol. The minimum atomic E-state index is -1.03. The van der Waals surface area contributed by atoms with Gasteiger partial charge in [-0.2, -0.15) is 0 Å². The van der Waals surface area contributed by atoms with Crippen LogP contribution in [0.5, 0.6) is 11.5 Å². The molecule has 9 nitrogen and oxygen atoms in total. The van der Waals surface area contributed by atoms with Gasteiger partial charge in [-0.3, -0.25) is 19.7 Å². The number of hydrogen-bond acceptors (Lipinski definition) is 7. The fourth-order valence-corrected chi connectivity index (χ4v) is 3.93. The number of Topliss-reactive ketones (excluding diaryl/α,β-unsaturated/α-hetero) is 1. The molecular formula is C25H28N2O7. The molecule has 9 heteroatoms. The molecule has 1 fully saturated rings. The molecule has 1 saturated heterocycles. The smallest absolute Gasteiger partial charge is 0.311 e. The van der Waals surface area contributed by atoms with E-state index in [4.69, 9.17) is 4.74 Å². The Bertz CT molecular complexity index is 1170. The molecule has 1 atom stereocenters. The molecule has 0 aliphatic carbocycles. The molecule has 2 N–H and O–H groups in total. The molecule has 2 aromatic rings. The Kier molecular flexibility index (Phi) is 7.24. The van der Waals surface area contributed by atoms with Crippen LogP contribution in [0.3, 0.4) is 0 Å². The van der Waals surface area contributed by atoms with Crippen molar-refractivity contribution in [2.24, 2.45) is 5.92 Å². The number of nitro benzene ring substituents is 1. The zero-order valence-electron chi connectivity index (χ0n) is 19.6. The summed E-state index contributed by atoms with van der Waals surface area (Å²) in [6.07, 6.45) is 0.532. The van der Waals surface area contributed by atoms with E-state index in [1.165, 1.54) is 11.0 Å². The third-order valence-electron chi connectivity index (χ3n) is 5.54. The summed E-state index contributed by atoms with van der Waals surface area (Å²) in [6, 6.07) is 7.59. The first kappa shape index (κ1) is 24.8. The molecular weight excluding hydrogens is 440 g/mol. The molecule has 2 aromatic carbocycles. The Morgan fingerprint density at radius 1 is 1.21 bits per heavy atom. The number of ether oxygens (including phenoxy) is 1. The molecule has 1 heterocycles. The van der Waals surface area contributed by atoms with Crippen LogP contribution in [0.25, 0.3) is 5.76 Å². The van der Waals surface area contributed by atoms with E-state index < -0.39 is 34.1 Å². The van der Waals surface area contributed by atoms with Crippen LogP contribution in [0.4, 0.5) is 5.69 Å². The Morgan fingerprint density at radius 3 is 2.50 bits per heavy atom. The van der Waals surface area contributed by atoms with Gasteiger partial charge in [0, 0.05) is 18.2 Å². The third-order valence-corrected chi connectivity index (χ3v) is 5.54. The standard InChI is InChI=1S/C25H28N2O7/c1-5-10-26-22(16-6-8-19(28)18(12-16)27(32)33)21(24(30)25(26)31)23(29)17-7-9-20(15(4)11-17)34-13-14(2)3/h6-9,11-12,14,22,28-29H,5,10,13H2,1-4H3/b23-21-. The Labute approximate surface area is 197 Å². The minimum Gasteiger partial charge on any atom is -0.507 e. The number of ketones is 1. The second-order valence-electron chi connectivity index (χ2n) is 8.68. The molecule has 3 rings (SSSR count). The van der Waals surface area contributed by atoms with Crippen molar-refractivity contribution in [2.45, 2.75) is 40.2 Å². The maximum Gasteiger partial charge on any atom is 0.311 e. The number of nitrogens with zero attached hydrogens (tertiary/aromatic N) is 2. The van der Waals surface area contributed by atoms with Crippen molar-refractivity contribution >= 4 is 23.1 Å². The van der Waals surface area contributed by atoms with Crippen molar-refractivity contribution in [2.75, 3.05) is 13.2 Å². The lowest BCUT2D eigenvalue weighted by molar-refractivity contribution is -0.385. The molecule has 0 spiro atoms. The summed E-state index contributed by atoms with van der Waals surface area (Å²) in [4.78, 5) is 37.7. The molecule has 1 amide bonds. The predicted octanol–water partition coefficient (Wildman–Crippen LogP) is 4.48. The lowest BCUT2D eigenvalue weighted by Gasteiger charge is -2.24. The van der Waals surface area contributed by atoms with Crippen molar-refractivity contribution in [3.05, 3.63) is 68.8 Å². The number of likely N-dealkylation sites (tertiary alicyclic amines) is 1. The van der Waals surface area contributed by atoms with E-state index in [2.05, 4.69) is 0 Å². The van der Waals surface area contributed by atoms with E-state index >= 15 is 0 Å². The largest absolute Gasteiger partial charge is 0.507 e. The van der Waals surface area contributed by atoms with E-state index in [0.29, 0.717) is 30.3 Å². The first-order valence-electron chi connectivity index (χ1n) is 11.1. The van der Waals surface area contributed by atoms with Gasteiger partial charge in [0.25, 0.3) is 11.7 Å². The van der Waals surface area contributed by atoms with Crippen molar-refractivity contribution in [1.82, 2.24) is 4.90 Å². The molecule has 34 heavy (non-hydrogen) atoms. The highest BCUT2D eigenvalue weighted by Gasteiger charge is 2.46. The number of hydrogen-bond donors (Lipinski definition) is 2. The second-order valence-corrected chi connectivity index (χ2v) is 8.68. The van der Waals surface area contributed by atoms with Crippen molar-refractivity contribution < 1.29 is 29.5 Å². The van der Waals surface area contributed by atoms with Gasteiger partial charge in [-0.1, -0.05) is 26.8 Å². The molecule has 1 aliphatic heterocycles. The van der Waals surface area contributed by atoms with Gasteiger partial charge in [-0.05, 0) is 54.7 Å².